The molecule has 0 aliphatic rings. The first-order chi connectivity index (χ1) is 17.1. The molecule has 0 N–H and O–H groups in total. The van der Waals surface area contributed by atoms with Gasteiger partial charge in [-0.2, -0.15) is 0 Å². The second kappa shape index (κ2) is 11.6. The first-order valence-electron chi connectivity index (χ1n) is 11.9. The van der Waals surface area contributed by atoms with Gasteiger partial charge in [-0.3, -0.25) is 0 Å². The molecule has 0 unspecified atom stereocenters. The van der Waals surface area contributed by atoms with E-state index in [9.17, 15) is 4.79 Å². The highest BCUT2D eigenvalue weighted by molar-refractivity contribution is 5.80. The van der Waals surface area contributed by atoms with E-state index in [0.29, 0.717) is 44.2 Å². The van der Waals surface area contributed by atoms with Crippen LogP contribution in [0.3, 0.4) is 0 Å². The second-order valence-corrected chi connectivity index (χ2v) is 8.05. The molecule has 0 radical (unpaired) electrons. The van der Waals surface area contributed by atoms with Crippen LogP contribution in [0.25, 0.3) is 22.5 Å². The zero-order valence-corrected chi connectivity index (χ0v) is 20.3. The van der Waals surface area contributed by atoms with E-state index >= 15 is 0 Å². The zero-order valence-electron chi connectivity index (χ0n) is 20.3. The molecule has 4 rings (SSSR count). The Balaban J connectivity index is 1.33. The number of hydrogen-bond donors (Lipinski definition) is 0. The van der Waals surface area contributed by atoms with Crippen molar-refractivity contribution in [2.45, 2.75) is 39.7 Å². The fourth-order valence-corrected chi connectivity index (χ4v) is 3.80. The Bertz CT molecular complexity index is 1270. The van der Waals surface area contributed by atoms with Crippen LogP contribution in [0.4, 0.5) is 0 Å². The number of carbonyl (C=O) groups excluding carboxylic acids is 1. The van der Waals surface area contributed by atoms with Gasteiger partial charge in [0.2, 0.25) is 5.89 Å². The van der Waals surface area contributed by atoms with E-state index in [1.54, 1.807) is 6.92 Å². The number of rotatable bonds is 11. The van der Waals surface area contributed by atoms with Crippen molar-refractivity contribution >= 4 is 16.9 Å². The van der Waals surface area contributed by atoms with E-state index in [2.05, 4.69) is 9.97 Å². The van der Waals surface area contributed by atoms with Gasteiger partial charge < -0.3 is 18.6 Å². The fourth-order valence-electron chi connectivity index (χ4n) is 3.80. The van der Waals surface area contributed by atoms with E-state index < -0.39 is 6.10 Å². The maximum absolute atomic E-state index is 12.1. The largest absolute Gasteiger partial charge is 0.493 e. The molecule has 0 amide bonds. The third-order valence-corrected chi connectivity index (χ3v) is 5.58. The molecule has 0 aliphatic carbocycles. The fraction of sp³-hybridized carbons (Fsp3) is 0.321. The molecular formula is C28H30N2O5. The number of para-hydroxylation sites is 1. The number of ether oxygens (including phenoxy) is 3. The average molecular weight is 475 g/mol. The van der Waals surface area contributed by atoms with Gasteiger partial charge >= 0.3 is 5.97 Å². The van der Waals surface area contributed by atoms with Crippen LogP contribution in [-0.2, 0) is 27.1 Å². The van der Waals surface area contributed by atoms with Gasteiger partial charge in [-0.1, -0.05) is 36.4 Å². The Morgan fingerprint density at radius 2 is 1.77 bits per heavy atom. The standard InChI is InChI=1S/C28H30N2O5/c1-4-32-26(28(31)33-5-2)18-20-10-13-22(14-11-20)34-17-16-23-19(3)35-27(30-23)25-15-12-21-8-6-7-9-24(21)29-25/h6-15,26H,4-5,16-18H2,1-3H3/t26-/m1/s1. The van der Waals surface area contributed by atoms with Crippen LogP contribution >= 0.6 is 0 Å². The molecule has 7 nitrogen and oxygen atoms in total. The number of esters is 1. The summed E-state index contributed by atoms with van der Waals surface area (Å²) in [7, 11) is 0. The van der Waals surface area contributed by atoms with Crippen LogP contribution in [0.1, 0.15) is 30.9 Å². The minimum Gasteiger partial charge on any atom is -0.493 e. The molecule has 0 saturated carbocycles. The van der Waals surface area contributed by atoms with Crippen LogP contribution in [0.15, 0.2) is 65.1 Å². The number of pyridine rings is 1. The molecule has 2 aromatic heterocycles. The molecule has 182 valence electrons. The number of hydrogen-bond acceptors (Lipinski definition) is 7. The van der Waals surface area contributed by atoms with Crippen molar-refractivity contribution in [2.24, 2.45) is 0 Å². The molecule has 35 heavy (non-hydrogen) atoms. The Kier molecular flexibility index (Phi) is 8.11. The highest BCUT2D eigenvalue weighted by atomic mass is 16.6. The van der Waals surface area contributed by atoms with Gasteiger partial charge in [0, 0.05) is 24.8 Å². The smallest absolute Gasteiger partial charge is 0.335 e. The quantitative estimate of drug-likeness (QED) is 0.272. The molecule has 0 aliphatic heterocycles. The topological polar surface area (TPSA) is 83.7 Å². The first kappa shape index (κ1) is 24.4. The molecule has 0 fully saturated rings. The highest BCUT2D eigenvalue weighted by Gasteiger charge is 2.20. The van der Waals surface area contributed by atoms with Gasteiger partial charge in [0.15, 0.2) is 6.10 Å². The maximum Gasteiger partial charge on any atom is 0.335 e. The zero-order chi connectivity index (χ0) is 24.6. The Morgan fingerprint density at radius 1 is 0.971 bits per heavy atom. The lowest BCUT2D eigenvalue weighted by atomic mass is 10.1. The maximum atomic E-state index is 12.1. The molecule has 7 heteroatoms. The van der Waals surface area contributed by atoms with E-state index in [4.69, 9.17) is 18.6 Å². The monoisotopic (exact) mass is 474 g/mol. The minimum absolute atomic E-state index is 0.334. The van der Waals surface area contributed by atoms with Gasteiger partial charge in [0.1, 0.15) is 17.2 Å². The van der Waals surface area contributed by atoms with Gasteiger partial charge in [-0.15, -0.1) is 0 Å². The number of aryl methyl sites for hydroxylation is 1. The summed E-state index contributed by atoms with van der Waals surface area (Å²) >= 11 is 0. The molecule has 0 spiro atoms. The second-order valence-electron chi connectivity index (χ2n) is 8.05. The molecule has 2 heterocycles. The third-order valence-electron chi connectivity index (χ3n) is 5.58. The molecule has 4 aromatic rings. The van der Waals surface area contributed by atoms with Crippen molar-refractivity contribution in [1.82, 2.24) is 9.97 Å². The van der Waals surface area contributed by atoms with Crippen molar-refractivity contribution in [3.8, 4) is 17.3 Å². The summed E-state index contributed by atoms with van der Waals surface area (Å²) in [4.78, 5) is 21.4. The Morgan fingerprint density at radius 3 is 2.54 bits per heavy atom. The number of oxazole rings is 1. The van der Waals surface area contributed by atoms with Crippen LogP contribution in [0.5, 0.6) is 5.75 Å². The minimum atomic E-state index is -0.604. The molecule has 0 bridgehead atoms. The summed E-state index contributed by atoms with van der Waals surface area (Å²) in [5.41, 5.74) is 3.44. The van der Waals surface area contributed by atoms with Crippen molar-refractivity contribution in [1.29, 1.82) is 0 Å². The lowest BCUT2D eigenvalue weighted by Crippen LogP contribution is -2.28. The van der Waals surface area contributed by atoms with E-state index in [0.717, 1.165) is 33.7 Å². The molecule has 1 atom stereocenters. The number of fused-ring (bicyclic) bond motifs is 1. The van der Waals surface area contributed by atoms with E-state index in [-0.39, 0.29) is 5.97 Å². The molecule has 2 aromatic carbocycles. The number of aromatic nitrogens is 2. The third kappa shape index (κ3) is 6.25. The summed E-state index contributed by atoms with van der Waals surface area (Å²) in [6.45, 7) is 6.79. The lowest BCUT2D eigenvalue weighted by Gasteiger charge is -2.15. The van der Waals surface area contributed by atoms with E-state index in [1.165, 1.54) is 0 Å². The highest BCUT2D eigenvalue weighted by Crippen LogP contribution is 2.23. The summed E-state index contributed by atoms with van der Waals surface area (Å²) in [5.74, 6) is 1.68. The number of benzene rings is 2. The molecular weight excluding hydrogens is 444 g/mol. The van der Waals surface area contributed by atoms with Crippen LogP contribution in [-0.4, -0.2) is 41.9 Å². The summed E-state index contributed by atoms with van der Waals surface area (Å²) in [6.07, 6.45) is 0.463. The van der Waals surface area contributed by atoms with Gasteiger partial charge in [-0.05, 0) is 50.6 Å². The molecule has 0 saturated heterocycles. The van der Waals surface area contributed by atoms with Crippen LogP contribution in [0.2, 0.25) is 0 Å². The Labute approximate surface area is 205 Å². The predicted octanol–water partition coefficient (Wildman–Crippen LogP) is 5.33. The van der Waals surface area contributed by atoms with Crippen LogP contribution in [0, 0.1) is 6.92 Å². The predicted molar refractivity (Wildman–Crippen MR) is 133 cm³/mol. The van der Waals surface area contributed by atoms with Crippen molar-refractivity contribution in [3.63, 3.8) is 0 Å². The van der Waals surface area contributed by atoms with Crippen molar-refractivity contribution in [2.75, 3.05) is 19.8 Å². The van der Waals surface area contributed by atoms with Crippen molar-refractivity contribution < 1.29 is 23.4 Å². The first-order valence-corrected chi connectivity index (χ1v) is 11.9. The SMILES string of the molecule is CCOC(=O)[C@@H](Cc1ccc(OCCc2nc(-c3ccc4ccccc4n3)oc2C)cc1)OCC. The van der Waals surface area contributed by atoms with E-state index in [1.807, 2.05) is 74.5 Å². The Hall–Kier alpha value is -3.71. The summed E-state index contributed by atoms with van der Waals surface area (Å²) < 4.78 is 22.4. The van der Waals surface area contributed by atoms with Gasteiger partial charge in [-0.25, -0.2) is 14.8 Å². The normalized spacial score (nSPS) is 12.0. The van der Waals surface area contributed by atoms with Gasteiger partial charge in [0.05, 0.1) is 24.4 Å². The average Bonchev–Trinajstić information content (AvgIpc) is 3.25. The van der Waals surface area contributed by atoms with Gasteiger partial charge in [0.25, 0.3) is 0 Å². The summed E-state index contributed by atoms with van der Waals surface area (Å²) in [5, 5.41) is 1.08. The lowest BCUT2D eigenvalue weighted by molar-refractivity contribution is -0.156. The number of nitrogens with zero attached hydrogens (tertiary/aromatic N) is 2. The van der Waals surface area contributed by atoms with Crippen molar-refractivity contribution in [3.05, 3.63) is 77.7 Å². The summed E-state index contributed by atoms with van der Waals surface area (Å²) in [6, 6.07) is 19.6. The van der Waals surface area contributed by atoms with Crippen LogP contribution < -0.4 is 4.74 Å². The number of carbonyl (C=O) groups is 1.